The smallest absolute Gasteiger partial charge is 0.103 e. The van der Waals surface area contributed by atoms with Gasteiger partial charge < -0.3 is 10.6 Å². The van der Waals surface area contributed by atoms with Crippen LogP contribution in [0.25, 0.3) is 0 Å². The minimum atomic E-state index is 0.320. The summed E-state index contributed by atoms with van der Waals surface area (Å²) in [7, 11) is 0. The highest BCUT2D eigenvalue weighted by atomic mass is 32.2. The molecule has 4 heteroatoms. The van der Waals surface area contributed by atoms with E-state index in [0.717, 1.165) is 42.1 Å². The predicted octanol–water partition coefficient (Wildman–Crippen LogP) is 2.21. The lowest BCUT2D eigenvalue weighted by atomic mass is 10.0. The van der Waals surface area contributed by atoms with Gasteiger partial charge in [0.2, 0.25) is 0 Å². The first kappa shape index (κ1) is 12.3. The van der Waals surface area contributed by atoms with Crippen LogP contribution in [0.15, 0.2) is 23.1 Å². The highest BCUT2D eigenvalue weighted by Gasteiger charge is 2.19. The highest BCUT2D eigenvalue weighted by molar-refractivity contribution is 7.98. The molecule has 2 N–H and O–H groups in total. The third-order valence-corrected chi connectivity index (χ3v) is 4.00. The van der Waals surface area contributed by atoms with Crippen molar-refractivity contribution in [1.29, 1.82) is 5.26 Å². The Labute approximate surface area is 107 Å². The largest absolute Gasteiger partial charge is 0.370 e. The van der Waals surface area contributed by atoms with Crippen LogP contribution in [0.4, 0.5) is 5.69 Å². The normalized spacial score (nSPS) is 16.9. The molecule has 0 atom stereocenters. The molecule has 1 fully saturated rings. The van der Waals surface area contributed by atoms with E-state index in [0.29, 0.717) is 6.04 Å². The van der Waals surface area contributed by atoms with Crippen molar-refractivity contribution in [3.63, 3.8) is 0 Å². The lowest BCUT2D eigenvalue weighted by Crippen LogP contribution is -2.40. The summed E-state index contributed by atoms with van der Waals surface area (Å²) in [5, 5.41) is 9.30. The predicted molar refractivity (Wildman–Crippen MR) is 72.4 cm³/mol. The number of thioether (sulfide) groups is 1. The van der Waals surface area contributed by atoms with Crippen molar-refractivity contribution in [3.05, 3.63) is 23.8 Å². The van der Waals surface area contributed by atoms with Crippen LogP contribution in [0, 0.1) is 11.3 Å². The van der Waals surface area contributed by atoms with E-state index in [9.17, 15) is 5.26 Å². The van der Waals surface area contributed by atoms with Gasteiger partial charge in [0.15, 0.2) is 0 Å². The molecule has 1 saturated heterocycles. The zero-order valence-electron chi connectivity index (χ0n) is 10.0. The van der Waals surface area contributed by atoms with Crippen molar-refractivity contribution in [2.75, 3.05) is 24.2 Å². The fraction of sp³-hybridized carbons (Fsp3) is 0.462. The summed E-state index contributed by atoms with van der Waals surface area (Å²) in [5.41, 5.74) is 7.77. The van der Waals surface area contributed by atoms with Crippen molar-refractivity contribution in [2.45, 2.75) is 23.8 Å². The number of nitrogens with zero attached hydrogens (tertiary/aromatic N) is 2. The van der Waals surface area contributed by atoms with Crippen molar-refractivity contribution in [3.8, 4) is 6.07 Å². The summed E-state index contributed by atoms with van der Waals surface area (Å²) < 4.78 is 0. The topological polar surface area (TPSA) is 53.0 Å². The molecule has 90 valence electrons. The summed E-state index contributed by atoms with van der Waals surface area (Å²) in [4.78, 5) is 3.33. The van der Waals surface area contributed by atoms with E-state index < -0.39 is 0 Å². The molecule has 1 aromatic carbocycles. The van der Waals surface area contributed by atoms with Gasteiger partial charge in [-0.3, -0.25) is 0 Å². The molecule has 1 aliphatic heterocycles. The van der Waals surface area contributed by atoms with Crippen molar-refractivity contribution < 1.29 is 0 Å². The molecule has 0 aliphatic carbocycles. The lowest BCUT2D eigenvalue weighted by Gasteiger charge is -2.32. The van der Waals surface area contributed by atoms with Crippen LogP contribution >= 0.6 is 11.8 Å². The van der Waals surface area contributed by atoms with E-state index in [2.05, 4.69) is 11.0 Å². The summed E-state index contributed by atoms with van der Waals surface area (Å²) in [6, 6.07) is 8.71. The van der Waals surface area contributed by atoms with Crippen LogP contribution in [0.2, 0.25) is 0 Å². The lowest BCUT2D eigenvalue weighted by molar-refractivity contribution is 0.501. The zero-order chi connectivity index (χ0) is 12.3. The summed E-state index contributed by atoms with van der Waals surface area (Å²) in [6.45, 7) is 1.90. The summed E-state index contributed by atoms with van der Waals surface area (Å²) in [6.07, 6.45) is 4.02. The van der Waals surface area contributed by atoms with Crippen LogP contribution < -0.4 is 10.6 Å². The number of benzene rings is 1. The van der Waals surface area contributed by atoms with E-state index >= 15 is 0 Å². The van der Waals surface area contributed by atoms with Crippen LogP contribution in [0.5, 0.6) is 0 Å². The number of piperidine rings is 1. The van der Waals surface area contributed by atoms with Gasteiger partial charge in [0, 0.05) is 24.0 Å². The second-order valence-electron chi connectivity index (χ2n) is 4.29. The maximum atomic E-state index is 9.30. The van der Waals surface area contributed by atoms with Crippen LogP contribution in [0.1, 0.15) is 18.4 Å². The Morgan fingerprint density at radius 1 is 1.41 bits per heavy atom. The van der Waals surface area contributed by atoms with E-state index in [1.54, 1.807) is 11.8 Å². The maximum absolute atomic E-state index is 9.30. The monoisotopic (exact) mass is 247 g/mol. The summed E-state index contributed by atoms with van der Waals surface area (Å²) in [5.74, 6) is 0. The Bertz CT molecular complexity index is 431. The van der Waals surface area contributed by atoms with Gasteiger partial charge in [-0.15, -0.1) is 11.8 Å². The molecule has 17 heavy (non-hydrogen) atoms. The van der Waals surface area contributed by atoms with Crippen LogP contribution in [-0.4, -0.2) is 25.4 Å². The van der Waals surface area contributed by atoms with Crippen molar-refractivity contribution >= 4 is 17.4 Å². The first-order valence-corrected chi connectivity index (χ1v) is 7.06. The van der Waals surface area contributed by atoms with Crippen LogP contribution in [0.3, 0.4) is 0 Å². The molecule has 0 amide bonds. The molecule has 3 nitrogen and oxygen atoms in total. The molecule has 1 heterocycles. The minimum Gasteiger partial charge on any atom is -0.370 e. The molecule has 0 unspecified atom stereocenters. The van der Waals surface area contributed by atoms with Gasteiger partial charge in [0.1, 0.15) is 6.07 Å². The molecule has 0 radical (unpaired) electrons. The zero-order valence-corrected chi connectivity index (χ0v) is 10.8. The first-order chi connectivity index (χ1) is 8.26. The van der Waals surface area contributed by atoms with Gasteiger partial charge in [-0.05, 0) is 31.2 Å². The van der Waals surface area contributed by atoms with E-state index in [-0.39, 0.29) is 0 Å². The van der Waals surface area contributed by atoms with E-state index in [1.807, 2.05) is 24.5 Å². The van der Waals surface area contributed by atoms with Gasteiger partial charge in [-0.2, -0.15) is 5.26 Å². The number of anilines is 1. The van der Waals surface area contributed by atoms with Crippen LogP contribution in [-0.2, 0) is 0 Å². The molecule has 0 spiro atoms. The molecule has 1 aliphatic rings. The number of hydrogen-bond acceptors (Lipinski definition) is 4. The Kier molecular flexibility index (Phi) is 3.93. The first-order valence-electron chi connectivity index (χ1n) is 5.84. The summed E-state index contributed by atoms with van der Waals surface area (Å²) >= 11 is 1.62. The van der Waals surface area contributed by atoms with Gasteiger partial charge >= 0.3 is 0 Å². The van der Waals surface area contributed by atoms with Crippen molar-refractivity contribution in [1.82, 2.24) is 0 Å². The molecule has 0 saturated carbocycles. The Morgan fingerprint density at radius 2 is 2.12 bits per heavy atom. The van der Waals surface area contributed by atoms with E-state index in [1.165, 1.54) is 0 Å². The standard InChI is InChI=1S/C13H17N3S/c1-17-13-4-2-3-12(11(13)9-14)16-7-5-10(15)6-8-16/h2-4,10H,5-8,15H2,1H3. The second-order valence-corrected chi connectivity index (χ2v) is 5.14. The fourth-order valence-electron chi connectivity index (χ4n) is 2.21. The molecule has 0 aromatic heterocycles. The SMILES string of the molecule is CSc1cccc(N2CCC(N)CC2)c1C#N. The van der Waals surface area contributed by atoms with Gasteiger partial charge in [-0.25, -0.2) is 0 Å². The van der Waals surface area contributed by atoms with Gasteiger partial charge in [0.05, 0.1) is 11.3 Å². The molecule has 2 rings (SSSR count). The van der Waals surface area contributed by atoms with Gasteiger partial charge in [-0.1, -0.05) is 6.07 Å². The maximum Gasteiger partial charge on any atom is 0.103 e. The second kappa shape index (κ2) is 5.44. The molecule has 1 aromatic rings. The molecule has 0 bridgehead atoms. The Balaban J connectivity index is 2.29. The van der Waals surface area contributed by atoms with Gasteiger partial charge in [0.25, 0.3) is 0 Å². The third kappa shape index (κ3) is 2.56. The van der Waals surface area contributed by atoms with E-state index in [4.69, 9.17) is 5.73 Å². The number of hydrogen-bond donors (Lipinski definition) is 1. The number of nitriles is 1. The Morgan fingerprint density at radius 3 is 2.71 bits per heavy atom. The number of rotatable bonds is 2. The fourth-order valence-corrected chi connectivity index (χ4v) is 2.77. The Hall–Kier alpha value is -1.18. The highest BCUT2D eigenvalue weighted by Crippen LogP contribution is 2.30. The average Bonchev–Trinajstić information content (AvgIpc) is 2.38. The average molecular weight is 247 g/mol. The minimum absolute atomic E-state index is 0.320. The quantitative estimate of drug-likeness (QED) is 0.814. The number of nitrogens with two attached hydrogens (primary N) is 1. The third-order valence-electron chi connectivity index (χ3n) is 3.22. The van der Waals surface area contributed by atoms with Crippen molar-refractivity contribution in [2.24, 2.45) is 5.73 Å². The molecular weight excluding hydrogens is 230 g/mol. The molecular formula is C13H17N3S.